The van der Waals surface area contributed by atoms with Gasteiger partial charge in [-0.3, -0.25) is 0 Å². The number of benzene rings is 1. The molecule has 0 radical (unpaired) electrons. The maximum Gasteiger partial charge on any atom is 0.420 e. The van der Waals surface area contributed by atoms with Crippen molar-refractivity contribution in [3.05, 3.63) is 23.3 Å². The van der Waals surface area contributed by atoms with Crippen molar-refractivity contribution >= 4 is 0 Å². The summed E-state index contributed by atoms with van der Waals surface area (Å²) in [5.41, 5.74) is 4.22. The zero-order valence-corrected chi connectivity index (χ0v) is 8.95. The van der Waals surface area contributed by atoms with Crippen LogP contribution in [0.3, 0.4) is 0 Å². The molecule has 4 nitrogen and oxygen atoms in total. The van der Waals surface area contributed by atoms with E-state index in [2.05, 4.69) is 4.74 Å². The van der Waals surface area contributed by atoms with Crippen LogP contribution < -0.4 is 10.5 Å². The van der Waals surface area contributed by atoms with Gasteiger partial charge in [-0.05, 0) is 17.7 Å². The first-order valence-corrected chi connectivity index (χ1v) is 4.65. The predicted octanol–water partition coefficient (Wildman–Crippen LogP) is 1.41. The second-order valence-corrected chi connectivity index (χ2v) is 3.41. The Morgan fingerprint density at radius 3 is 2.41 bits per heavy atom. The summed E-state index contributed by atoms with van der Waals surface area (Å²) in [5, 5.41) is 18.2. The maximum absolute atomic E-state index is 12.6. The molecule has 0 bridgehead atoms. The highest BCUT2D eigenvalue weighted by Gasteiger charge is 2.36. The second-order valence-electron chi connectivity index (χ2n) is 3.41. The summed E-state index contributed by atoms with van der Waals surface area (Å²) in [7, 11) is 1.13. The zero-order valence-electron chi connectivity index (χ0n) is 8.95. The molecule has 0 heterocycles. The van der Waals surface area contributed by atoms with Crippen molar-refractivity contribution < 1.29 is 28.1 Å². The van der Waals surface area contributed by atoms with Crippen molar-refractivity contribution in [1.29, 1.82) is 0 Å². The van der Waals surface area contributed by atoms with Crippen molar-refractivity contribution in [2.24, 2.45) is 5.73 Å². The number of hydrogen-bond acceptors (Lipinski definition) is 4. The second kappa shape index (κ2) is 4.80. The lowest BCUT2D eigenvalue weighted by atomic mass is 10.0. The number of aliphatic hydroxyl groups is 1. The van der Waals surface area contributed by atoms with E-state index >= 15 is 0 Å². The van der Waals surface area contributed by atoms with Crippen molar-refractivity contribution in [2.45, 2.75) is 12.2 Å². The molecule has 1 aromatic carbocycles. The minimum absolute atomic E-state index is 0.0366. The van der Waals surface area contributed by atoms with Gasteiger partial charge in [0.25, 0.3) is 0 Å². The standard InChI is InChI=1S/C10H12F3NO3/c1-17-8-3-5(7(14)4-15)2-6(9(8)16)10(11,12)13/h2-3,7,15-16H,4,14H2,1H3. The van der Waals surface area contributed by atoms with Crippen LogP contribution in [-0.4, -0.2) is 23.9 Å². The Hall–Kier alpha value is -1.47. The van der Waals surface area contributed by atoms with Gasteiger partial charge < -0.3 is 20.7 Å². The Morgan fingerprint density at radius 1 is 1.41 bits per heavy atom. The van der Waals surface area contributed by atoms with E-state index in [-0.39, 0.29) is 11.3 Å². The average Bonchev–Trinajstić information content (AvgIpc) is 2.26. The van der Waals surface area contributed by atoms with Crippen LogP contribution in [0, 0.1) is 0 Å². The highest BCUT2D eigenvalue weighted by Crippen LogP contribution is 2.42. The van der Waals surface area contributed by atoms with Gasteiger partial charge in [0.15, 0.2) is 11.5 Å². The maximum atomic E-state index is 12.6. The molecule has 7 heteroatoms. The molecular formula is C10H12F3NO3. The first-order chi connectivity index (χ1) is 7.81. The van der Waals surface area contributed by atoms with Crippen LogP contribution in [-0.2, 0) is 6.18 Å². The molecule has 0 aliphatic heterocycles. The molecule has 0 aliphatic rings. The molecule has 0 saturated carbocycles. The molecule has 1 aromatic rings. The molecule has 0 fully saturated rings. The summed E-state index contributed by atoms with van der Waals surface area (Å²) >= 11 is 0. The van der Waals surface area contributed by atoms with E-state index in [1.807, 2.05) is 0 Å². The Bertz CT molecular complexity index is 407. The highest BCUT2D eigenvalue weighted by atomic mass is 19.4. The van der Waals surface area contributed by atoms with Gasteiger partial charge in [0.05, 0.1) is 19.8 Å². The number of hydrogen-bond donors (Lipinski definition) is 3. The molecular weight excluding hydrogens is 239 g/mol. The normalized spacial score (nSPS) is 13.5. The van der Waals surface area contributed by atoms with Crippen molar-refractivity contribution in [2.75, 3.05) is 13.7 Å². The van der Waals surface area contributed by atoms with Gasteiger partial charge in [-0.25, -0.2) is 0 Å². The molecule has 0 aromatic heterocycles. The van der Waals surface area contributed by atoms with E-state index in [9.17, 15) is 18.3 Å². The third-order valence-electron chi connectivity index (χ3n) is 2.25. The van der Waals surface area contributed by atoms with Crippen LogP contribution in [0.5, 0.6) is 11.5 Å². The Labute approximate surface area is 95.4 Å². The van der Waals surface area contributed by atoms with Crippen molar-refractivity contribution in [3.63, 3.8) is 0 Å². The topological polar surface area (TPSA) is 75.7 Å². The lowest BCUT2D eigenvalue weighted by molar-refractivity contribution is -0.139. The van der Waals surface area contributed by atoms with Crippen LogP contribution in [0.1, 0.15) is 17.2 Å². The number of ether oxygens (including phenoxy) is 1. The predicted molar refractivity (Wildman–Crippen MR) is 53.7 cm³/mol. The summed E-state index contributed by atoms with van der Waals surface area (Å²) in [6.45, 7) is -0.509. The van der Waals surface area contributed by atoms with Crippen molar-refractivity contribution in [3.8, 4) is 11.5 Å². The van der Waals surface area contributed by atoms with E-state index in [4.69, 9.17) is 10.8 Å². The number of rotatable bonds is 3. The molecule has 1 atom stereocenters. The third-order valence-corrected chi connectivity index (χ3v) is 2.25. The summed E-state index contributed by atoms with van der Waals surface area (Å²) < 4.78 is 42.4. The minimum Gasteiger partial charge on any atom is -0.504 e. The number of phenols is 1. The smallest absolute Gasteiger partial charge is 0.420 e. The van der Waals surface area contributed by atoms with Gasteiger partial charge in [-0.2, -0.15) is 13.2 Å². The van der Waals surface area contributed by atoms with Gasteiger partial charge in [-0.15, -0.1) is 0 Å². The number of phenolic OH excluding ortho intramolecular Hbond substituents is 1. The molecule has 0 spiro atoms. The number of methoxy groups -OCH3 is 1. The molecule has 1 rings (SSSR count). The largest absolute Gasteiger partial charge is 0.504 e. The zero-order chi connectivity index (χ0) is 13.2. The molecule has 0 saturated heterocycles. The fourth-order valence-electron chi connectivity index (χ4n) is 1.32. The van der Waals surface area contributed by atoms with Gasteiger partial charge in [0.1, 0.15) is 5.56 Å². The molecule has 1 unspecified atom stereocenters. The van der Waals surface area contributed by atoms with Gasteiger partial charge in [0.2, 0.25) is 0 Å². The lowest BCUT2D eigenvalue weighted by Crippen LogP contribution is -2.16. The average molecular weight is 251 g/mol. The number of nitrogens with two attached hydrogens (primary N) is 1. The summed E-state index contributed by atoms with van der Waals surface area (Å²) in [6.07, 6.45) is -4.72. The number of aromatic hydroxyl groups is 1. The first-order valence-electron chi connectivity index (χ1n) is 4.65. The molecule has 96 valence electrons. The van der Waals surface area contributed by atoms with Gasteiger partial charge in [0, 0.05) is 0 Å². The van der Waals surface area contributed by atoms with Crippen LogP contribution in [0.2, 0.25) is 0 Å². The quantitative estimate of drug-likeness (QED) is 0.759. The van der Waals surface area contributed by atoms with Gasteiger partial charge >= 0.3 is 6.18 Å². The lowest BCUT2D eigenvalue weighted by Gasteiger charge is -2.16. The Balaban J connectivity index is 3.39. The fraction of sp³-hybridized carbons (Fsp3) is 0.400. The van der Waals surface area contributed by atoms with E-state index in [1.54, 1.807) is 0 Å². The number of aliphatic hydroxyl groups excluding tert-OH is 1. The number of halogens is 3. The van der Waals surface area contributed by atoms with Crippen LogP contribution in [0.4, 0.5) is 13.2 Å². The van der Waals surface area contributed by atoms with E-state index in [0.717, 1.165) is 13.2 Å². The molecule has 0 aliphatic carbocycles. The van der Waals surface area contributed by atoms with Crippen LogP contribution in [0.25, 0.3) is 0 Å². The number of alkyl halides is 3. The monoisotopic (exact) mass is 251 g/mol. The Morgan fingerprint density at radius 2 is 2.00 bits per heavy atom. The summed E-state index contributed by atoms with van der Waals surface area (Å²) in [6, 6.07) is 0.884. The van der Waals surface area contributed by atoms with Gasteiger partial charge in [-0.1, -0.05) is 0 Å². The van der Waals surface area contributed by atoms with Crippen molar-refractivity contribution in [1.82, 2.24) is 0 Å². The highest BCUT2D eigenvalue weighted by molar-refractivity contribution is 5.50. The third kappa shape index (κ3) is 2.80. The fourth-order valence-corrected chi connectivity index (χ4v) is 1.32. The van der Waals surface area contributed by atoms with E-state index in [1.165, 1.54) is 0 Å². The van der Waals surface area contributed by atoms with Crippen LogP contribution >= 0.6 is 0 Å². The SMILES string of the molecule is COc1cc(C(N)CO)cc(C(F)(F)F)c1O. The van der Waals surface area contributed by atoms with E-state index < -0.39 is 30.1 Å². The molecule has 0 amide bonds. The summed E-state index contributed by atoms with van der Waals surface area (Å²) in [5.74, 6) is -1.33. The molecule has 17 heavy (non-hydrogen) atoms. The first kappa shape index (κ1) is 13.6. The Kier molecular flexibility index (Phi) is 3.84. The van der Waals surface area contributed by atoms with E-state index in [0.29, 0.717) is 6.07 Å². The molecule has 4 N–H and O–H groups in total. The minimum atomic E-state index is -4.72. The van der Waals surface area contributed by atoms with Crippen LogP contribution in [0.15, 0.2) is 12.1 Å². The summed E-state index contributed by atoms with van der Waals surface area (Å²) in [4.78, 5) is 0.